The Kier molecular flexibility index (Phi) is 6.32. The predicted molar refractivity (Wildman–Crippen MR) is 75.8 cm³/mol. The van der Waals surface area contributed by atoms with Crippen molar-refractivity contribution in [2.75, 3.05) is 28.7 Å². The van der Waals surface area contributed by atoms with E-state index in [9.17, 15) is 4.79 Å². The van der Waals surface area contributed by atoms with Crippen LogP contribution in [0.4, 0.5) is 16.2 Å². The van der Waals surface area contributed by atoms with E-state index in [4.69, 9.17) is 5.73 Å². The lowest BCUT2D eigenvalue weighted by atomic mass is 10.2. The summed E-state index contributed by atoms with van der Waals surface area (Å²) < 4.78 is 0. The van der Waals surface area contributed by atoms with Crippen LogP contribution in [-0.2, 0) is 0 Å². The summed E-state index contributed by atoms with van der Waals surface area (Å²) in [6.45, 7) is 3.10. The molecule has 0 radical (unpaired) electrons. The fourth-order valence-corrected chi connectivity index (χ4v) is 2.04. The molecule has 5 heteroatoms. The zero-order valence-corrected chi connectivity index (χ0v) is 10.8. The van der Waals surface area contributed by atoms with Crippen LogP contribution in [0.1, 0.15) is 13.3 Å². The first-order valence-corrected chi connectivity index (χ1v) is 6.86. The number of anilines is 2. The molecule has 0 unspecified atom stereocenters. The smallest absolute Gasteiger partial charge is 0.316 e. The van der Waals surface area contributed by atoms with Crippen molar-refractivity contribution in [3.63, 3.8) is 0 Å². The van der Waals surface area contributed by atoms with Crippen LogP contribution in [0.25, 0.3) is 0 Å². The summed E-state index contributed by atoms with van der Waals surface area (Å²) in [6, 6.07) is 7.00. The third-order valence-corrected chi connectivity index (χ3v) is 3.11. The monoisotopic (exact) mass is 253 g/mol. The van der Waals surface area contributed by atoms with Crippen LogP contribution in [-0.4, -0.2) is 24.1 Å². The highest BCUT2D eigenvalue weighted by Crippen LogP contribution is 2.14. The van der Waals surface area contributed by atoms with Gasteiger partial charge in [-0.05, 0) is 36.1 Å². The normalized spacial score (nSPS) is 9.94. The van der Waals surface area contributed by atoms with Crippen molar-refractivity contribution in [2.24, 2.45) is 5.73 Å². The average Bonchev–Trinajstić information content (AvgIpc) is 2.28. The van der Waals surface area contributed by atoms with Crippen LogP contribution in [0.2, 0.25) is 0 Å². The van der Waals surface area contributed by atoms with E-state index in [-0.39, 0.29) is 0 Å². The van der Waals surface area contributed by atoms with Crippen molar-refractivity contribution < 1.29 is 4.79 Å². The number of amides is 2. The number of hydrogen-bond donors (Lipinski definition) is 3. The Hall–Kier alpha value is -1.36. The van der Waals surface area contributed by atoms with Crippen LogP contribution in [0.5, 0.6) is 0 Å². The summed E-state index contributed by atoms with van der Waals surface area (Å²) in [5.41, 5.74) is 6.77. The second-order valence-electron chi connectivity index (χ2n) is 3.55. The van der Waals surface area contributed by atoms with Crippen LogP contribution in [0, 0.1) is 0 Å². The molecular weight excluding hydrogens is 234 g/mol. The number of primary amides is 1. The molecule has 94 valence electrons. The molecule has 0 fully saturated rings. The van der Waals surface area contributed by atoms with Gasteiger partial charge in [-0.25, -0.2) is 4.79 Å². The van der Waals surface area contributed by atoms with Crippen molar-refractivity contribution in [1.29, 1.82) is 0 Å². The van der Waals surface area contributed by atoms with Gasteiger partial charge < -0.3 is 16.4 Å². The van der Waals surface area contributed by atoms with Crippen molar-refractivity contribution in [3.8, 4) is 0 Å². The van der Waals surface area contributed by atoms with Gasteiger partial charge in [0.05, 0.1) is 0 Å². The average molecular weight is 253 g/mol. The maximum atomic E-state index is 10.7. The number of hydrogen-bond acceptors (Lipinski definition) is 3. The molecule has 0 saturated heterocycles. The Bertz CT molecular complexity index is 357. The number of urea groups is 1. The Labute approximate surface area is 106 Å². The third kappa shape index (κ3) is 6.06. The van der Waals surface area contributed by atoms with Gasteiger partial charge in [-0.3, -0.25) is 0 Å². The van der Waals surface area contributed by atoms with E-state index < -0.39 is 6.03 Å². The number of nitrogens with two attached hydrogens (primary N) is 1. The summed E-state index contributed by atoms with van der Waals surface area (Å²) in [4.78, 5) is 10.7. The Balaban J connectivity index is 2.35. The molecule has 0 aliphatic rings. The first kappa shape index (κ1) is 13.7. The maximum absolute atomic E-state index is 10.7. The van der Waals surface area contributed by atoms with E-state index in [1.54, 1.807) is 0 Å². The summed E-state index contributed by atoms with van der Waals surface area (Å²) in [6.07, 6.45) is 1.13. The summed E-state index contributed by atoms with van der Waals surface area (Å²) in [5, 5.41) is 5.86. The van der Waals surface area contributed by atoms with Crippen molar-refractivity contribution in [1.82, 2.24) is 0 Å². The molecule has 4 nitrogen and oxygen atoms in total. The van der Waals surface area contributed by atoms with Crippen LogP contribution in [0.3, 0.4) is 0 Å². The minimum atomic E-state index is -0.540. The van der Waals surface area contributed by atoms with Crippen molar-refractivity contribution in [3.05, 3.63) is 24.3 Å². The van der Waals surface area contributed by atoms with E-state index in [0.29, 0.717) is 5.69 Å². The molecule has 0 aliphatic carbocycles. The zero-order chi connectivity index (χ0) is 12.5. The molecule has 2 amide bonds. The van der Waals surface area contributed by atoms with Gasteiger partial charge in [0.2, 0.25) is 0 Å². The fraction of sp³-hybridized carbons (Fsp3) is 0.417. The number of benzene rings is 1. The van der Waals surface area contributed by atoms with E-state index >= 15 is 0 Å². The van der Waals surface area contributed by atoms with Crippen LogP contribution in [0.15, 0.2) is 24.3 Å². The molecule has 1 aromatic carbocycles. The van der Waals surface area contributed by atoms with Gasteiger partial charge >= 0.3 is 6.03 Å². The summed E-state index contributed by atoms with van der Waals surface area (Å²) in [5.74, 6) is 2.33. The second-order valence-corrected chi connectivity index (χ2v) is 4.94. The fourth-order valence-electron chi connectivity index (χ4n) is 1.40. The highest BCUT2D eigenvalue weighted by molar-refractivity contribution is 7.99. The Morgan fingerprint density at radius 2 is 2.18 bits per heavy atom. The number of rotatable bonds is 7. The molecule has 0 atom stereocenters. The van der Waals surface area contributed by atoms with Gasteiger partial charge in [-0.15, -0.1) is 0 Å². The third-order valence-electron chi connectivity index (χ3n) is 2.13. The van der Waals surface area contributed by atoms with E-state index in [2.05, 4.69) is 17.6 Å². The minimum absolute atomic E-state index is 0.540. The van der Waals surface area contributed by atoms with Gasteiger partial charge in [-0.2, -0.15) is 11.8 Å². The molecule has 1 rings (SSSR count). The van der Waals surface area contributed by atoms with E-state index in [1.165, 1.54) is 5.75 Å². The maximum Gasteiger partial charge on any atom is 0.316 e. The molecule has 1 aromatic rings. The first-order valence-electron chi connectivity index (χ1n) is 5.70. The van der Waals surface area contributed by atoms with Gasteiger partial charge in [0.15, 0.2) is 0 Å². The predicted octanol–water partition coefficient (Wildman–Crippen LogP) is 2.73. The molecule has 0 heterocycles. The van der Waals surface area contributed by atoms with E-state index in [1.807, 2.05) is 36.0 Å². The molecule has 0 saturated carbocycles. The number of nitrogens with one attached hydrogen (secondary N) is 2. The standard InChI is InChI=1S/C12H19N3OS/c1-2-17-8-4-7-14-10-5-3-6-11(9-10)15-12(13)16/h3,5-6,9,14H,2,4,7-8H2,1H3,(H3,13,15,16). The van der Waals surface area contributed by atoms with Gasteiger partial charge in [0.1, 0.15) is 0 Å². The Morgan fingerprint density at radius 1 is 1.41 bits per heavy atom. The zero-order valence-electron chi connectivity index (χ0n) is 10.0. The van der Waals surface area contributed by atoms with Crippen molar-refractivity contribution >= 4 is 29.2 Å². The van der Waals surface area contributed by atoms with Gasteiger partial charge in [0.25, 0.3) is 0 Å². The molecular formula is C12H19N3OS. The minimum Gasteiger partial charge on any atom is -0.385 e. The lowest BCUT2D eigenvalue weighted by molar-refractivity contribution is 0.259. The molecule has 17 heavy (non-hydrogen) atoms. The van der Waals surface area contributed by atoms with Gasteiger partial charge in [-0.1, -0.05) is 13.0 Å². The molecule has 4 N–H and O–H groups in total. The Morgan fingerprint density at radius 3 is 2.88 bits per heavy atom. The summed E-state index contributed by atoms with van der Waals surface area (Å²) >= 11 is 1.94. The lowest BCUT2D eigenvalue weighted by Crippen LogP contribution is -2.19. The molecule has 0 aliphatic heterocycles. The second kappa shape index (κ2) is 7.84. The molecule has 0 spiro atoms. The SMILES string of the molecule is CCSCCCNc1cccc(NC(N)=O)c1. The van der Waals surface area contributed by atoms with Crippen LogP contribution >= 0.6 is 11.8 Å². The van der Waals surface area contributed by atoms with Gasteiger partial charge in [0, 0.05) is 17.9 Å². The van der Waals surface area contributed by atoms with Crippen molar-refractivity contribution in [2.45, 2.75) is 13.3 Å². The highest BCUT2D eigenvalue weighted by atomic mass is 32.2. The lowest BCUT2D eigenvalue weighted by Gasteiger charge is -2.08. The number of thioether (sulfide) groups is 1. The molecule has 0 bridgehead atoms. The van der Waals surface area contributed by atoms with Crippen LogP contribution < -0.4 is 16.4 Å². The summed E-state index contributed by atoms with van der Waals surface area (Å²) in [7, 11) is 0. The largest absolute Gasteiger partial charge is 0.385 e. The number of carbonyl (C=O) groups is 1. The molecule has 0 aromatic heterocycles. The van der Waals surface area contributed by atoms with E-state index in [0.717, 1.165) is 24.4 Å². The highest BCUT2D eigenvalue weighted by Gasteiger charge is 1.97. The topological polar surface area (TPSA) is 67.2 Å². The number of carbonyl (C=O) groups excluding carboxylic acids is 1. The quantitative estimate of drug-likeness (QED) is 0.654. The first-order chi connectivity index (χ1) is 8.22.